The third-order valence-corrected chi connectivity index (χ3v) is 8.55. The highest BCUT2D eigenvalue weighted by molar-refractivity contribution is 6.91. The zero-order chi connectivity index (χ0) is 9.41. The number of hydrogen-bond donors (Lipinski definition) is 1. The second-order valence-electron chi connectivity index (χ2n) is 4.96. The van der Waals surface area contributed by atoms with Gasteiger partial charge in [-0.25, -0.2) is 0 Å². The molecule has 0 radical (unpaired) electrons. The minimum atomic E-state index is -1.28. The van der Waals surface area contributed by atoms with E-state index in [0.29, 0.717) is 5.04 Å². The third-order valence-electron chi connectivity index (χ3n) is 3.15. The standard InChI is InChI=1S/C10H19NSi/c1-10(2,3)12(4,5)9-7-6-8-11-9/h6-8,11H,1-5H3. The molecule has 68 valence electrons. The Balaban J connectivity index is 3.02. The first-order valence-corrected chi connectivity index (χ1v) is 7.49. The monoisotopic (exact) mass is 181 g/mol. The molecule has 0 saturated heterocycles. The van der Waals surface area contributed by atoms with Crippen molar-refractivity contribution in [1.82, 2.24) is 4.98 Å². The van der Waals surface area contributed by atoms with Crippen molar-refractivity contribution in [3.05, 3.63) is 18.3 Å². The van der Waals surface area contributed by atoms with Crippen LogP contribution in [0.3, 0.4) is 0 Å². The maximum Gasteiger partial charge on any atom is 0.106 e. The lowest BCUT2D eigenvalue weighted by atomic mass is 10.2. The van der Waals surface area contributed by atoms with Crippen molar-refractivity contribution < 1.29 is 0 Å². The minimum absolute atomic E-state index is 0.428. The molecule has 0 atom stereocenters. The van der Waals surface area contributed by atoms with Crippen LogP contribution in [-0.2, 0) is 0 Å². The van der Waals surface area contributed by atoms with Crippen LogP contribution in [0.5, 0.6) is 0 Å². The molecule has 1 rings (SSSR count). The first kappa shape index (κ1) is 9.58. The Morgan fingerprint density at radius 1 is 1.25 bits per heavy atom. The van der Waals surface area contributed by atoms with Crippen LogP contribution in [0.2, 0.25) is 18.1 Å². The molecule has 0 aliphatic carbocycles. The van der Waals surface area contributed by atoms with E-state index in [0.717, 1.165) is 0 Å². The summed E-state index contributed by atoms with van der Waals surface area (Å²) in [5.74, 6) is 0. The lowest BCUT2D eigenvalue weighted by Gasteiger charge is -2.35. The predicted molar refractivity (Wildman–Crippen MR) is 57.6 cm³/mol. The molecule has 0 fully saturated rings. The summed E-state index contributed by atoms with van der Waals surface area (Å²) in [6, 6.07) is 4.31. The van der Waals surface area contributed by atoms with Crippen molar-refractivity contribution in [3.8, 4) is 0 Å². The van der Waals surface area contributed by atoms with Crippen LogP contribution in [0.25, 0.3) is 0 Å². The van der Waals surface area contributed by atoms with E-state index in [4.69, 9.17) is 0 Å². The zero-order valence-corrected chi connectivity index (χ0v) is 9.73. The Kier molecular flexibility index (Phi) is 2.21. The number of hydrogen-bond acceptors (Lipinski definition) is 0. The largest absolute Gasteiger partial charge is 0.369 e. The SMILES string of the molecule is CC(C)(C)[Si](C)(C)c1ccc[nH]1. The molecule has 1 aromatic rings. The van der Waals surface area contributed by atoms with Gasteiger partial charge in [0.1, 0.15) is 8.07 Å². The maximum absolute atomic E-state index is 3.35. The molecular weight excluding hydrogens is 162 g/mol. The van der Waals surface area contributed by atoms with Gasteiger partial charge in [0, 0.05) is 6.20 Å². The molecule has 0 bridgehead atoms. The van der Waals surface area contributed by atoms with E-state index in [1.807, 2.05) is 6.20 Å². The van der Waals surface area contributed by atoms with Crippen LogP contribution in [-0.4, -0.2) is 13.1 Å². The van der Waals surface area contributed by atoms with Gasteiger partial charge in [0.05, 0.1) is 0 Å². The van der Waals surface area contributed by atoms with Crippen LogP contribution < -0.4 is 5.32 Å². The Morgan fingerprint density at radius 3 is 2.17 bits per heavy atom. The summed E-state index contributed by atoms with van der Waals surface area (Å²) in [6.45, 7) is 11.8. The summed E-state index contributed by atoms with van der Waals surface area (Å²) in [4.78, 5) is 3.35. The van der Waals surface area contributed by atoms with Crippen LogP contribution in [0.15, 0.2) is 18.3 Å². The first-order valence-electron chi connectivity index (χ1n) is 4.49. The van der Waals surface area contributed by atoms with E-state index >= 15 is 0 Å². The van der Waals surface area contributed by atoms with Crippen LogP contribution in [0.4, 0.5) is 0 Å². The van der Waals surface area contributed by atoms with Crippen molar-refractivity contribution in [1.29, 1.82) is 0 Å². The van der Waals surface area contributed by atoms with Crippen molar-refractivity contribution >= 4 is 13.4 Å². The molecule has 1 N–H and O–H groups in total. The first-order chi connectivity index (χ1) is 5.36. The number of rotatable bonds is 1. The smallest absolute Gasteiger partial charge is 0.106 e. The normalized spacial score (nSPS) is 13.4. The summed E-state index contributed by atoms with van der Waals surface area (Å²) in [6.07, 6.45) is 2.02. The van der Waals surface area contributed by atoms with Crippen molar-refractivity contribution in [2.75, 3.05) is 0 Å². The highest BCUT2D eigenvalue weighted by Gasteiger charge is 2.37. The number of nitrogens with one attached hydrogen (secondary N) is 1. The van der Waals surface area contributed by atoms with Gasteiger partial charge >= 0.3 is 0 Å². The van der Waals surface area contributed by atoms with E-state index in [-0.39, 0.29) is 0 Å². The molecule has 0 spiro atoms. The Hall–Kier alpha value is -0.503. The fourth-order valence-electron chi connectivity index (χ4n) is 1.12. The van der Waals surface area contributed by atoms with E-state index in [1.54, 1.807) is 0 Å². The lowest BCUT2D eigenvalue weighted by Crippen LogP contribution is -2.50. The second kappa shape index (κ2) is 2.77. The predicted octanol–water partition coefficient (Wildman–Crippen LogP) is 2.73. The van der Waals surface area contributed by atoms with Gasteiger partial charge in [-0.05, 0) is 22.5 Å². The van der Waals surface area contributed by atoms with Gasteiger partial charge in [-0.2, -0.15) is 0 Å². The Morgan fingerprint density at radius 2 is 1.83 bits per heavy atom. The van der Waals surface area contributed by atoms with Crippen molar-refractivity contribution in [2.24, 2.45) is 0 Å². The summed E-state index contributed by atoms with van der Waals surface area (Å²) in [5.41, 5.74) is 0. The van der Waals surface area contributed by atoms with Crippen LogP contribution in [0, 0.1) is 0 Å². The number of H-pyrrole nitrogens is 1. The molecule has 1 nitrogen and oxygen atoms in total. The summed E-state index contributed by atoms with van der Waals surface area (Å²) >= 11 is 0. The van der Waals surface area contributed by atoms with Gasteiger partial charge in [0.25, 0.3) is 0 Å². The third kappa shape index (κ3) is 1.48. The molecule has 2 heteroatoms. The number of aromatic nitrogens is 1. The van der Waals surface area contributed by atoms with Gasteiger partial charge in [-0.1, -0.05) is 33.9 Å². The van der Waals surface area contributed by atoms with Crippen molar-refractivity contribution in [2.45, 2.75) is 38.9 Å². The molecule has 0 aromatic carbocycles. The van der Waals surface area contributed by atoms with Gasteiger partial charge < -0.3 is 4.98 Å². The average molecular weight is 181 g/mol. The van der Waals surface area contributed by atoms with E-state index in [2.05, 4.69) is 51.0 Å². The lowest BCUT2D eigenvalue weighted by molar-refractivity contribution is 0.728. The van der Waals surface area contributed by atoms with Crippen molar-refractivity contribution in [3.63, 3.8) is 0 Å². The second-order valence-corrected chi connectivity index (χ2v) is 10.2. The topological polar surface area (TPSA) is 15.8 Å². The van der Waals surface area contributed by atoms with Gasteiger partial charge in [0.2, 0.25) is 0 Å². The summed E-state index contributed by atoms with van der Waals surface area (Å²) < 4.78 is 0. The molecule has 0 amide bonds. The Labute approximate surface area is 76.2 Å². The highest BCUT2D eigenvalue weighted by atomic mass is 28.3. The quantitative estimate of drug-likeness (QED) is 0.641. The van der Waals surface area contributed by atoms with Gasteiger partial charge in [-0.3, -0.25) is 0 Å². The fourth-order valence-corrected chi connectivity index (χ4v) is 2.89. The fraction of sp³-hybridized carbons (Fsp3) is 0.600. The maximum atomic E-state index is 3.35. The van der Waals surface area contributed by atoms with Crippen LogP contribution in [0.1, 0.15) is 20.8 Å². The number of aromatic amines is 1. The van der Waals surface area contributed by atoms with E-state index in [9.17, 15) is 0 Å². The van der Waals surface area contributed by atoms with Gasteiger partial charge in [-0.15, -0.1) is 0 Å². The average Bonchev–Trinajstić information content (AvgIpc) is 2.34. The molecule has 0 aliphatic rings. The molecule has 1 heterocycles. The summed E-state index contributed by atoms with van der Waals surface area (Å²) in [5, 5.41) is 1.88. The molecule has 0 unspecified atom stereocenters. The Bertz CT molecular complexity index is 241. The van der Waals surface area contributed by atoms with E-state index in [1.165, 1.54) is 5.32 Å². The molecule has 12 heavy (non-hydrogen) atoms. The minimum Gasteiger partial charge on any atom is -0.369 e. The van der Waals surface area contributed by atoms with Crippen LogP contribution >= 0.6 is 0 Å². The van der Waals surface area contributed by atoms with E-state index < -0.39 is 8.07 Å². The molecule has 1 aromatic heterocycles. The summed E-state index contributed by atoms with van der Waals surface area (Å²) in [7, 11) is -1.28. The highest BCUT2D eigenvalue weighted by Crippen LogP contribution is 2.34. The molecule has 0 aliphatic heterocycles. The molecule has 0 saturated carbocycles. The zero-order valence-electron chi connectivity index (χ0n) is 8.73. The van der Waals surface area contributed by atoms with Gasteiger partial charge in [0.15, 0.2) is 0 Å². The molecular formula is C10H19NSi.